The van der Waals surface area contributed by atoms with Crippen LogP contribution >= 0.6 is 11.3 Å². The minimum absolute atomic E-state index is 0.174. The lowest BCUT2D eigenvalue weighted by molar-refractivity contribution is 0.0718. The average molecular weight is 362 g/mol. The average Bonchev–Trinajstić information content (AvgIpc) is 3.23. The predicted octanol–water partition coefficient (Wildman–Crippen LogP) is 5.14. The summed E-state index contributed by atoms with van der Waals surface area (Å²) in [6, 6.07) is 16.5. The van der Waals surface area contributed by atoms with Crippen molar-refractivity contribution in [3.8, 4) is 11.3 Å². The molecule has 1 saturated heterocycles. The maximum Gasteiger partial charge on any atom is 0.263 e. The second kappa shape index (κ2) is 7.42. The van der Waals surface area contributed by atoms with Crippen LogP contribution in [0.25, 0.3) is 11.3 Å². The molecule has 1 aromatic carbocycles. The van der Waals surface area contributed by atoms with Crippen LogP contribution in [0.4, 0.5) is 0 Å². The molecule has 0 atom stereocenters. The number of carbonyl (C=O) groups excluding carboxylic acids is 1. The van der Waals surface area contributed by atoms with Gasteiger partial charge in [-0.1, -0.05) is 30.3 Å². The van der Waals surface area contributed by atoms with Crippen LogP contribution < -0.4 is 0 Å². The topological polar surface area (TPSA) is 33.2 Å². The molecule has 0 bridgehead atoms. The van der Waals surface area contributed by atoms with Gasteiger partial charge in [0.2, 0.25) is 0 Å². The minimum atomic E-state index is 0.174. The van der Waals surface area contributed by atoms with Gasteiger partial charge in [-0.25, -0.2) is 0 Å². The first-order valence-corrected chi connectivity index (χ1v) is 9.95. The van der Waals surface area contributed by atoms with E-state index in [0.29, 0.717) is 5.92 Å². The summed E-state index contributed by atoms with van der Waals surface area (Å²) in [5.41, 5.74) is 4.93. The van der Waals surface area contributed by atoms with Gasteiger partial charge in [-0.05, 0) is 60.4 Å². The van der Waals surface area contributed by atoms with Crippen LogP contribution in [0.1, 0.15) is 39.6 Å². The first-order chi connectivity index (χ1) is 12.7. The molecule has 3 nitrogen and oxygen atoms in total. The smallest absolute Gasteiger partial charge is 0.263 e. The van der Waals surface area contributed by atoms with E-state index in [0.717, 1.165) is 36.5 Å². The largest absolute Gasteiger partial charge is 0.338 e. The third kappa shape index (κ3) is 3.29. The Hall–Kier alpha value is -2.46. The van der Waals surface area contributed by atoms with Gasteiger partial charge < -0.3 is 4.90 Å². The Morgan fingerprint density at radius 3 is 2.62 bits per heavy atom. The van der Waals surface area contributed by atoms with Crippen LogP contribution in [0, 0.1) is 6.92 Å². The lowest BCUT2D eigenvalue weighted by Gasteiger charge is -2.33. The number of pyridine rings is 1. The molecule has 132 valence electrons. The highest BCUT2D eigenvalue weighted by Gasteiger charge is 2.27. The zero-order valence-electron chi connectivity index (χ0n) is 14.9. The van der Waals surface area contributed by atoms with Crippen molar-refractivity contribution in [1.29, 1.82) is 0 Å². The molecular weight excluding hydrogens is 340 g/mol. The molecule has 0 unspecified atom stereocenters. The number of aromatic nitrogens is 1. The van der Waals surface area contributed by atoms with Crippen molar-refractivity contribution in [1.82, 2.24) is 9.88 Å². The molecular formula is C22H22N2OS. The van der Waals surface area contributed by atoms with E-state index in [2.05, 4.69) is 36.2 Å². The van der Waals surface area contributed by atoms with Crippen molar-refractivity contribution in [2.45, 2.75) is 25.7 Å². The van der Waals surface area contributed by atoms with E-state index >= 15 is 0 Å². The van der Waals surface area contributed by atoms with Gasteiger partial charge in [0.1, 0.15) is 0 Å². The molecule has 0 aliphatic carbocycles. The molecule has 1 aliphatic rings. The SMILES string of the molecule is Cc1cccc(C2CCN(C(=O)c3cccs3)CC2)c1-c1ccccn1. The summed E-state index contributed by atoms with van der Waals surface area (Å²) >= 11 is 1.52. The number of carbonyl (C=O) groups is 1. The monoisotopic (exact) mass is 362 g/mol. The van der Waals surface area contributed by atoms with Crippen molar-refractivity contribution < 1.29 is 4.79 Å². The van der Waals surface area contributed by atoms with Gasteiger partial charge in [-0.2, -0.15) is 0 Å². The maximum atomic E-state index is 12.6. The van der Waals surface area contributed by atoms with E-state index in [-0.39, 0.29) is 5.91 Å². The number of thiophene rings is 1. The highest BCUT2D eigenvalue weighted by molar-refractivity contribution is 7.12. The fourth-order valence-electron chi connectivity index (χ4n) is 3.84. The van der Waals surface area contributed by atoms with Crippen molar-refractivity contribution >= 4 is 17.2 Å². The van der Waals surface area contributed by atoms with E-state index in [1.54, 1.807) is 0 Å². The van der Waals surface area contributed by atoms with Crippen molar-refractivity contribution in [2.24, 2.45) is 0 Å². The van der Waals surface area contributed by atoms with Gasteiger partial charge in [-0.15, -0.1) is 11.3 Å². The summed E-state index contributed by atoms with van der Waals surface area (Å²) in [5, 5.41) is 1.96. The molecule has 0 radical (unpaired) electrons. The molecule has 0 N–H and O–H groups in total. The van der Waals surface area contributed by atoms with Gasteiger partial charge in [0, 0.05) is 24.8 Å². The minimum Gasteiger partial charge on any atom is -0.338 e. The number of nitrogens with zero attached hydrogens (tertiary/aromatic N) is 2. The number of piperidine rings is 1. The van der Waals surface area contributed by atoms with Crippen molar-refractivity contribution in [3.63, 3.8) is 0 Å². The standard InChI is InChI=1S/C22H22N2OS/c1-16-6-4-7-18(21(16)19-8-2-3-12-23-19)17-10-13-24(14-11-17)22(25)20-9-5-15-26-20/h2-9,12,15,17H,10-11,13-14H2,1H3. The second-order valence-electron chi connectivity index (χ2n) is 6.80. The van der Waals surface area contributed by atoms with E-state index < -0.39 is 0 Å². The van der Waals surface area contributed by atoms with Gasteiger partial charge >= 0.3 is 0 Å². The highest BCUT2D eigenvalue weighted by atomic mass is 32.1. The number of likely N-dealkylation sites (tertiary alicyclic amines) is 1. The predicted molar refractivity (Wildman–Crippen MR) is 107 cm³/mol. The Bertz CT molecular complexity index is 882. The molecule has 26 heavy (non-hydrogen) atoms. The summed E-state index contributed by atoms with van der Waals surface area (Å²) < 4.78 is 0. The number of hydrogen-bond donors (Lipinski definition) is 0. The van der Waals surface area contributed by atoms with Crippen LogP contribution in [-0.4, -0.2) is 28.9 Å². The van der Waals surface area contributed by atoms with Crippen LogP contribution in [-0.2, 0) is 0 Å². The fourth-order valence-corrected chi connectivity index (χ4v) is 4.53. The molecule has 3 heterocycles. The third-order valence-electron chi connectivity index (χ3n) is 5.18. The Labute approximate surface area is 158 Å². The first-order valence-electron chi connectivity index (χ1n) is 9.08. The van der Waals surface area contributed by atoms with Crippen LogP contribution in [0.2, 0.25) is 0 Å². The summed E-state index contributed by atoms with van der Waals surface area (Å²) in [5.74, 6) is 0.645. The number of rotatable bonds is 3. The summed E-state index contributed by atoms with van der Waals surface area (Å²) in [4.78, 5) is 20.0. The molecule has 4 rings (SSSR count). The normalized spacial score (nSPS) is 15.2. The maximum absolute atomic E-state index is 12.6. The molecule has 1 fully saturated rings. The molecule has 0 spiro atoms. The first kappa shape index (κ1) is 17.0. The van der Waals surface area contributed by atoms with Gasteiger partial charge in [-0.3, -0.25) is 9.78 Å². The van der Waals surface area contributed by atoms with Crippen LogP contribution in [0.5, 0.6) is 0 Å². The second-order valence-corrected chi connectivity index (χ2v) is 7.75. The Balaban J connectivity index is 1.55. The quantitative estimate of drug-likeness (QED) is 0.646. The van der Waals surface area contributed by atoms with E-state index in [4.69, 9.17) is 0 Å². The molecule has 4 heteroatoms. The Morgan fingerprint density at radius 1 is 1.08 bits per heavy atom. The summed E-state index contributed by atoms with van der Waals surface area (Å²) in [7, 11) is 0. The zero-order valence-corrected chi connectivity index (χ0v) is 15.7. The molecule has 1 aliphatic heterocycles. The molecule has 3 aromatic rings. The van der Waals surface area contributed by atoms with Gasteiger partial charge in [0.25, 0.3) is 5.91 Å². The fraction of sp³-hybridized carbons (Fsp3) is 0.273. The zero-order chi connectivity index (χ0) is 17.9. The molecule has 1 amide bonds. The van der Waals surface area contributed by atoms with E-state index in [1.165, 1.54) is 28.0 Å². The lowest BCUT2D eigenvalue weighted by atomic mass is 9.84. The summed E-state index contributed by atoms with van der Waals surface area (Å²) in [6.45, 7) is 3.79. The summed E-state index contributed by atoms with van der Waals surface area (Å²) in [6.07, 6.45) is 3.86. The molecule has 2 aromatic heterocycles. The lowest BCUT2D eigenvalue weighted by Crippen LogP contribution is -2.37. The Morgan fingerprint density at radius 2 is 1.92 bits per heavy atom. The number of amides is 1. The Kier molecular flexibility index (Phi) is 4.85. The van der Waals surface area contributed by atoms with Gasteiger partial charge in [0.15, 0.2) is 0 Å². The van der Waals surface area contributed by atoms with Crippen molar-refractivity contribution in [2.75, 3.05) is 13.1 Å². The van der Waals surface area contributed by atoms with E-state index in [1.807, 2.05) is 40.7 Å². The van der Waals surface area contributed by atoms with Crippen molar-refractivity contribution in [3.05, 3.63) is 76.1 Å². The number of aryl methyl sites for hydroxylation is 1. The van der Waals surface area contributed by atoms with Crippen LogP contribution in [0.3, 0.4) is 0 Å². The molecule has 0 saturated carbocycles. The van der Waals surface area contributed by atoms with Gasteiger partial charge in [0.05, 0.1) is 10.6 Å². The number of benzene rings is 1. The third-order valence-corrected chi connectivity index (χ3v) is 6.04. The number of hydrogen-bond acceptors (Lipinski definition) is 3. The van der Waals surface area contributed by atoms with Crippen LogP contribution in [0.15, 0.2) is 60.1 Å². The van der Waals surface area contributed by atoms with E-state index in [9.17, 15) is 4.79 Å². The highest BCUT2D eigenvalue weighted by Crippen LogP contribution is 2.36.